The third kappa shape index (κ3) is 5.45. The molecule has 0 unspecified atom stereocenters. The van der Waals surface area contributed by atoms with Gasteiger partial charge in [0.1, 0.15) is 12.4 Å². The third-order valence-electron chi connectivity index (χ3n) is 3.28. The summed E-state index contributed by atoms with van der Waals surface area (Å²) >= 11 is 0. The van der Waals surface area contributed by atoms with E-state index in [1.807, 2.05) is 0 Å². The molecule has 0 aliphatic heterocycles. The van der Waals surface area contributed by atoms with Gasteiger partial charge in [-0.05, 0) is 13.0 Å². The van der Waals surface area contributed by atoms with Crippen LogP contribution >= 0.6 is 0 Å². The molecule has 0 aliphatic rings. The Morgan fingerprint density at radius 1 is 1.36 bits per heavy atom. The van der Waals surface area contributed by atoms with Gasteiger partial charge in [-0.3, -0.25) is 4.79 Å². The molecule has 0 aliphatic carbocycles. The van der Waals surface area contributed by atoms with Gasteiger partial charge < -0.3 is 9.30 Å². The van der Waals surface area contributed by atoms with Crippen molar-refractivity contribution in [1.82, 2.24) is 4.57 Å². The Labute approximate surface area is 169 Å². The molecule has 0 spiro atoms. The van der Waals surface area contributed by atoms with E-state index in [1.54, 1.807) is 6.92 Å². The predicted octanol–water partition coefficient (Wildman–Crippen LogP) is 3.43. The first-order chi connectivity index (χ1) is 11.4. The average Bonchev–Trinajstić information content (AvgIpc) is 2.53. The minimum atomic E-state index is -2.74. The van der Waals surface area contributed by atoms with Crippen molar-refractivity contribution in [2.24, 2.45) is 0 Å². The van der Waals surface area contributed by atoms with Crippen molar-refractivity contribution in [3.05, 3.63) is 52.1 Å². The van der Waals surface area contributed by atoms with Gasteiger partial charge in [-0.15, -0.1) is 12.0 Å². The number of aromatic nitrogens is 1. The van der Waals surface area contributed by atoms with E-state index in [0.717, 1.165) is 10.6 Å². The summed E-state index contributed by atoms with van der Waals surface area (Å²) in [5.74, 6) is 4.88. The summed E-state index contributed by atoms with van der Waals surface area (Å²) in [6, 6.07) is 8.05. The fourth-order valence-electron chi connectivity index (χ4n) is 2.14. The maximum atomic E-state index is 14.4. The monoisotopic (exact) mass is 423 g/mol. The van der Waals surface area contributed by atoms with Gasteiger partial charge in [0.25, 0.3) is 6.43 Å². The second kappa shape index (κ2) is 9.79. The van der Waals surface area contributed by atoms with E-state index in [1.165, 1.54) is 25.1 Å². The topological polar surface area (TPSA) is 31.2 Å². The maximum Gasteiger partial charge on any atom is 0.256 e. The summed E-state index contributed by atoms with van der Waals surface area (Å²) in [5, 5.41) is 0. The maximum absolute atomic E-state index is 14.4. The first-order valence-corrected chi connectivity index (χ1v) is 7.16. The van der Waals surface area contributed by atoms with Crippen LogP contribution in [0.25, 0.3) is 11.3 Å². The molecule has 129 valence electrons. The van der Waals surface area contributed by atoms with Gasteiger partial charge >= 0.3 is 0 Å². The Bertz CT molecular complexity index is 854. The minimum Gasteiger partial charge on any atom is -0.481 e. The van der Waals surface area contributed by atoms with Gasteiger partial charge in [-0.2, -0.15) is 12.1 Å². The first-order valence-electron chi connectivity index (χ1n) is 7.16. The molecule has 1 aromatic carbocycles. The predicted molar refractivity (Wildman–Crippen MR) is 84.6 cm³/mol. The van der Waals surface area contributed by atoms with Crippen molar-refractivity contribution < 1.29 is 50.6 Å². The second-order valence-electron chi connectivity index (χ2n) is 4.98. The molecule has 25 heavy (non-hydrogen) atoms. The van der Waals surface area contributed by atoms with E-state index in [0.29, 0.717) is 0 Å². The van der Waals surface area contributed by atoms with Crippen LogP contribution in [0.3, 0.4) is 0 Å². The Hall–Kier alpha value is -1.58. The number of pyridine rings is 1. The molecule has 0 atom stereocenters. The van der Waals surface area contributed by atoms with E-state index in [9.17, 15) is 18.0 Å². The van der Waals surface area contributed by atoms with Crippen molar-refractivity contribution in [3.8, 4) is 28.8 Å². The van der Waals surface area contributed by atoms with E-state index in [-0.39, 0.29) is 61.9 Å². The standard InChI is InChI=1S/C18H15F3NO2.Y/c1-3-4-9-24-13-6-7-14(15(19)10-13)16-8-5-12(2)18(23)22(16)11-17(20)21;/h5-7,10,17H,9,11H2,1-2H3;/q-1;. The van der Waals surface area contributed by atoms with Crippen LogP contribution in [0.5, 0.6) is 5.75 Å². The van der Waals surface area contributed by atoms with Crippen molar-refractivity contribution in [2.45, 2.75) is 26.8 Å². The van der Waals surface area contributed by atoms with Crippen molar-refractivity contribution in [2.75, 3.05) is 6.61 Å². The molecule has 1 heterocycles. The first kappa shape index (κ1) is 21.5. The van der Waals surface area contributed by atoms with E-state index in [2.05, 4.69) is 17.9 Å². The zero-order chi connectivity index (χ0) is 17.7. The third-order valence-corrected chi connectivity index (χ3v) is 3.28. The average molecular weight is 423 g/mol. The molecular formula is C18H15F3NO2Y-. The molecular weight excluding hydrogens is 408 g/mol. The van der Waals surface area contributed by atoms with Crippen LogP contribution in [0.2, 0.25) is 0 Å². The number of benzene rings is 1. The van der Waals surface area contributed by atoms with Crippen LogP contribution in [-0.4, -0.2) is 17.6 Å². The van der Waals surface area contributed by atoms with Crippen LogP contribution in [0.15, 0.2) is 29.1 Å². The smallest absolute Gasteiger partial charge is 0.256 e. The minimum absolute atomic E-state index is 0. The van der Waals surface area contributed by atoms with E-state index in [4.69, 9.17) is 4.74 Å². The van der Waals surface area contributed by atoms with Gasteiger partial charge in [0.2, 0.25) is 0 Å². The quantitative estimate of drug-likeness (QED) is 0.545. The number of rotatable bonds is 5. The van der Waals surface area contributed by atoms with Crippen LogP contribution in [0.4, 0.5) is 13.2 Å². The largest absolute Gasteiger partial charge is 0.481 e. The number of halogens is 3. The number of alkyl halides is 2. The fraction of sp³-hybridized carbons (Fsp3) is 0.278. The van der Waals surface area contributed by atoms with Crippen LogP contribution < -0.4 is 10.3 Å². The van der Waals surface area contributed by atoms with Crippen molar-refractivity contribution in [3.63, 3.8) is 0 Å². The van der Waals surface area contributed by atoms with Crippen molar-refractivity contribution >= 4 is 0 Å². The summed E-state index contributed by atoms with van der Waals surface area (Å²) in [4.78, 5) is 12.1. The van der Waals surface area contributed by atoms with E-state index < -0.39 is 24.3 Å². The molecule has 0 bridgehead atoms. The van der Waals surface area contributed by atoms with Gasteiger partial charge in [-0.25, -0.2) is 13.2 Å². The molecule has 1 radical (unpaired) electrons. The number of ether oxygens (including phenoxy) is 1. The Morgan fingerprint density at radius 3 is 2.68 bits per heavy atom. The van der Waals surface area contributed by atoms with Crippen LogP contribution in [0.1, 0.15) is 12.5 Å². The SMILES string of the molecule is CC#CCOc1ccc(-c2[c-]cc(C)c(=O)n2CC(F)F)c(F)c1.[Y]. The molecule has 0 saturated carbocycles. The number of hydrogen-bond acceptors (Lipinski definition) is 2. The molecule has 0 N–H and O–H groups in total. The summed E-state index contributed by atoms with van der Waals surface area (Å²) < 4.78 is 46.0. The van der Waals surface area contributed by atoms with Gasteiger partial charge in [0, 0.05) is 38.8 Å². The number of hydrogen-bond donors (Lipinski definition) is 0. The zero-order valence-corrected chi connectivity index (χ0v) is 16.6. The molecule has 0 amide bonds. The number of nitrogens with zero attached hydrogens (tertiary/aromatic N) is 1. The summed E-state index contributed by atoms with van der Waals surface area (Å²) in [5.41, 5.74) is -0.357. The molecule has 7 heteroatoms. The zero-order valence-electron chi connectivity index (χ0n) is 13.8. The molecule has 0 fully saturated rings. The van der Waals surface area contributed by atoms with Crippen molar-refractivity contribution in [1.29, 1.82) is 0 Å². The molecule has 3 nitrogen and oxygen atoms in total. The summed E-state index contributed by atoms with van der Waals surface area (Å²) in [7, 11) is 0. The van der Waals surface area contributed by atoms with Crippen LogP contribution in [-0.2, 0) is 39.3 Å². The fourth-order valence-corrected chi connectivity index (χ4v) is 2.14. The Balaban J connectivity index is 0.00000312. The van der Waals surface area contributed by atoms with E-state index >= 15 is 0 Å². The Kier molecular flexibility index (Phi) is 8.41. The van der Waals surface area contributed by atoms with Gasteiger partial charge in [0.05, 0.1) is 12.4 Å². The molecule has 0 saturated heterocycles. The van der Waals surface area contributed by atoms with Crippen LogP contribution in [0, 0.1) is 30.6 Å². The van der Waals surface area contributed by atoms with Gasteiger partial charge in [0.15, 0.2) is 5.56 Å². The number of aryl methyl sites for hydroxylation is 1. The Morgan fingerprint density at radius 2 is 2.08 bits per heavy atom. The second-order valence-corrected chi connectivity index (χ2v) is 4.98. The molecule has 2 rings (SSSR count). The summed E-state index contributed by atoms with van der Waals surface area (Å²) in [6.45, 7) is 2.44. The summed E-state index contributed by atoms with van der Waals surface area (Å²) in [6.07, 6.45) is -2.74. The molecule has 1 aromatic heterocycles. The normalized spacial score (nSPS) is 10.0. The molecule has 2 aromatic rings. The van der Waals surface area contributed by atoms with Gasteiger partial charge in [-0.1, -0.05) is 29.7 Å².